The van der Waals surface area contributed by atoms with E-state index in [4.69, 9.17) is 4.74 Å². The third kappa shape index (κ3) is 4.81. The lowest BCUT2D eigenvalue weighted by molar-refractivity contribution is 0.0240. The Hall–Kier alpha value is -2.60. The molecule has 1 saturated heterocycles. The topological polar surface area (TPSA) is 65.9 Å². The first kappa shape index (κ1) is 20.1. The molecule has 0 bridgehead atoms. The monoisotopic (exact) mass is 383 g/mol. The van der Waals surface area contributed by atoms with Gasteiger partial charge in [-0.25, -0.2) is 9.78 Å². The molecule has 1 amide bonds. The van der Waals surface area contributed by atoms with Crippen molar-refractivity contribution in [3.63, 3.8) is 0 Å². The smallest absolute Gasteiger partial charge is 0.410 e. The van der Waals surface area contributed by atoms with Crippen molar-refractivity contribution in [2.45, 2.75) is 39.4 Å². The minimum atomic E-state index is -0.688. The summed E-state index contributed by atoms with van der Waals surface area (Å²) in [5, 5.41) is 10.7. The number of piperazine rings is 1. The van der Waals surface area contributed by atoms with Crippen molar-refractivity contribution in [1.82, 2.24) is 9.88 Å². The molecule has 1 aromatic heterocycles. The minimum Gasteiger partial charge on any atom is -0.444 e. The molecule has 2 aromatic rings. The van der Waals surface area contributed by atoms with E-state index in [1.807, 2.05) is 64.1 Å². The van der Waals surface area contributed by atoms with E-state index in [1.165, 1.54) is 0 Å². The zero-order valence-corrected chi connectivity index (χ0v) is 17.1. The molecule has 0 saturated carbocycles. The Labute approximate surface area is 166 Å². The van der Waals surface area contributed by atoms with Gasteiger partial charge in [0.2, 0.25) is 0 Å². The Morgan fingerprint density at radius 3 is 2.36 bits per heavy atom. The van der Waals surface area contributed by atoms with E-state index in [-0.39, 0.29) is 6.09 Å². The number of aromatic nitrogens is 1. The summed E-state index contributed by atoms with van der Waals surface area (Å²) in [6.07, 6.45) is 0.798. The van der Waals surface area contributed by atoms with Crippen LogP contribution in [0, 0.1) is 6.92 Å². The summed E-state index contributed by atoms with van der Waals surface area (Å²) >= 11 is 0. The second kappa shape index (κ2) is 8.19. The highest BCUT2D eigenvalue weighted by Gasteiger charge is 2.26. The standard InChI is InChI=1S/C22H29N3O3/c1-16-14-19(23-15-18(16)20(26)17-8-6-5-7-9-17)24-10-12-25(13-11-24)21(27)28-22(2,3)4/h5-9,14-15,20,26H,10-13H2,1-4H3/t20-/m1/s1. The summed E-state index contributed by atoms with van der Waals surface area (Å²) in [5.41, 5.74) is 2.17. The first-order valence-corrected chi connectivity index (χ1v) is 9.67. The number of aliphatic hydroxyl groups is 1. The van der Waals surface area contributed by atoms with Gasteiger partial charge in [-0.05, 0) is 44.9 Å². The van der Waals surface area contributed by atoms with Crippen LogP contribution in [-0.2, 0) is 4.74 Å². The van der Waals surface area contributed by atoms with Crippen molar-refractivity contribution in [1.29, 1.82) is 0 Å². The zero-order chi connectivity index (χ0) is 20.3. The van der Waals surface area contributed by atoms with Crippen LogP contribution in [0.4, 0.5) is 10.6 Å². The van der Waals surface area contributed by atoms with Crippen molar-refractivity contribution in [2.75, 3.05) is 31.1 Å². The molecule has 6 heteroatoms. The molecule has 2 heterocycles. The number of hydrogen-bond donors (Lipinski definition) is 1. The molecular weight excluding hydrogens is 354 g/mol. The number of aryl methyl sites for hydroxylation is 1. The molecule has 28 heavy (non-hydrogen) atoms. The summed E-state index contributed by atoms with van der Waals surface area (Å²) in [6.45, 7) is 10.2. The van der Waals surface area contributed by atoms with Crippen molar-refractivity contribution >= 4 is 11.9 Å². The molecule has 1 N–H and O–H groups in total. The normalized spacial score (nSPS) is 16.0. The fourth-order valence-electron chi connectivity index (χ4n) is 3.27. The first-order chi connectivity index (χ1) is 13.2. The van der Waals surface area contributed by atoms with Gasteiger partial charge in [-0.1, -0.05) is 30.3 Å². The van der Waals surface area contributed by atoms with Crippen LogP contribution < -0.4 is 4.90 Å². The number of ether oxygens (including phenoxy) is 1. The lowest BCUT2D eigenvalue weighted by Gasteiger charge is -2.36. The molecule has 1 aliphatic heterocycles. The molecule has 0 unspecified atom stereocenters. The van der Waals surface area contributed by atoms with Gasteiger partial charge in [0.25, 0.3) is 0 Å². The number of pyridine rings is 1. The molecule has 6 nitrogen and oxygen atoms in total. The van der Waals surface area contributed by atoms with E-state index in [9.17, 15) is 9.90 Å². The van der Waals surface area contributed by atoms with Crippen LogP contribution in [0.2, 0.25) is 0 Å². The lowest BCUT2D eigenvalue weighted by atomic mass is 9.99. The lowest BCUT2D eigenvalue weighted by Crippen LogP contribution is -2.50. The maximum Gasteiger partial charge on any atom is 0.410 e. The van der Waals surface area contributed by atoms with E-state index in [1.54, 1.807) is 11.1 Å². The van der Waals surface area contributed by atoms with Crippen molar-refractivity contribution < 1.29 is 14.6 Å². The number of rotatable bonds is 3. The van der Waals surface area contributed by atoms with Crippen molar-refractivity contribution in [2.24, 2.45) is 0 Å². The van der Waals surface area contributed by atoms with E-state index in [0.717, 1.165) is 22.5 Å². The maximum absolute atomic E-state index is 12.2. The highest BCUT2D eigenvalue weighted by atomic mass is 16.6. The third-order valence-corrected chi connectivity index (χ3v) is 4.80. The second-order valence-corrected chi connectivity index (χ2v) is 8.17. The molecule has 0 spiro atoms. The fourth-order valence-corrected chi connectivity index (χ4v) is 3.27. The minimum absolute atomic E-state index is 0.266. The number of carbonyl (C=O) groups is 1. The first-order valence-electron chi connectivity index (χ1n) is 9.67. The number of nitrogens with zero attached hydrogens (tertiary/aromatic N) is 3. The number of hydrogen-bond acceptors (Lipinski definition) is 5. The molecule has 1 atom stereocenters. The fraction of sp³-hybridized carbons (Fsp3) is 0.455. The largest absolute Gasteiger partial charge is 0.444 e. The molecular formula is C22H29N3O3. The van der Waals surface area contributed by atoms with Gasteiger partial charge in [-0.3, -0.25) is 0 Å². The van der Waals surface area contributed by atoms with Gasteiger partial charge in [0.05, 0.1) is 0 Å². The molecule has 1 fully saturated rings. The van der Waals surface area contributed by atoms with Crippen LogP contribution in [0.5, 0.6) is 0 Å². The van der Waals surface area contributed by atoms with Gasteiger partial charge in [0.1, 0.15) is 17.5 Å². The molecule has 1 aromatic carbocycles. The summed E-state index contributed by atoms with van der Waals surface area (Å²) in [7, 11) is 0. The molecule has 1 aliphatic rings. The number of carbonyl (C=O) groups excluding carboxylic acids is 1. The average Bonchev–Trinajstić information content (AvgIpc) is 2.67. The molecule has 3 rings (SSSR count). The van der Waals surface area contributed by atoms with E-state index in [0.29, 0.717) is 26.2 Å². The van der Waals surface area contributed by atoms with Gasteiger partial charge in [0.15, 0.2) is 0 Å². The van der Waals surface area contributed by atoms with Gasteiger partial charge >= 0.3 is 6.09 Å². The zero-order valence-electron chi connectivity index (χ0n) is 17.1. The predicted octanol–water partition coefficient (Wildman–Crippen LogP) is 3.53. The van der Waals surface area contributed by atoms with Crippen LogP contribution in [0.25, 0.3) is 0 Å². The van der Waals surface area contributed by atoms with Crippen LogP contribution >= 0.6 is 0 Å². The molecule has 0 radical (unpaired) electrons. The Morgan fingerprint density at radius 1 is 1.14 bits per heavy atom. The molecule has 150 valence electrons. The SMILES string of the molecule is Cc1cc(N2CCN(C(=O)OC(C)(C)C)CC2)ncc1[C@H](O)c1ccccc1. The number of anilines is 1. The Kier molecular flexibility index (Phi) is 5.89. The van der Waals surface area contributed by atoms with Gasteiger partial charge < -0.3 is 19.6 Å². The quantitative estimate of drug-likeness (QED) is 0.878. The highest BCUT2D eigenvalue weighted by Crippen LogP contribution is 2.26. The average molecular weight is 383 g/mol. The van der Waals surface area contributed by atoms with Crippen molar-refractivity contribution in [3.05, 3.63) is 59.3 Å². The number of amides is 1. The second-order valence-electron chi connectivity index (χ2n) is 8.17. The number of benzene rings is 1. The van der Waals surface area contributed by atoms with Gasteiger partial charge in [-0.15, -0.1) is 0 Å². The van der Waals surface area contributed by atoms with Gasteiger partial charge in [0, 0.05) is 37.9 Å². The summed E-state index contributed by atoms with van der Waals surface area (Å²) in [6, 6.07) is 11.6. The highest BCUT2D eigenvalue weighted by molar-refractivity contribution is 5.68. The van der Waals surface area contributed by atoms with Gasteiger partial charge in [-0.2, -0.15) is 0 Å². The van der Waals surface area contributed by atoms with E-state index >= 15 is 0 Å². The molecule has 0 aliphatic carbocycles. The van der Waals surface area contributed by atoms with E-state index < -0.39 is 11.7 Å². The third-order valence-electron chi connectivity index (χ3n) is 4.80. The Morgan fingerprint density at radius 2 is 1.79 bits per heavy atom. The predicted molar refractivity (Wildman–Crippen MR) is 109 cm³/mol. The maximum atomic E-state index is 12.2. The Bertz CT molecular complexity index is 810. The van der Waals surface area contributed by atoms with Crippen LogP contribution in [0.15, 0.2) is 42.6 Å². The van der Waals surface area contributed by atoms with E-state index in [2.05, 4.69) is 9.88 Å². The summed E-state index contributed by atoms with van der Waals surface area (Å²) in [5.74, 6) is 0.866. The summed E-state index contributed by atoms with van der Waals surface area (Å²) < 4.78 is 5.45. The van der Waals surface area contributed by atoms with Crippen LogP contribution in [0.1, 0.15) is 43.6 Å². The van der Waals surface area contributed by atoms with Crippen LogP contribution in [0.3, 0.4) is 0 Å². The Balaban J connectivity index is 1.65. The summed E-state index contributed by atoms with van der Waals surface area (Å²) in [4.78, 5) is 20.7. The van der Waals surface area contributed by atoms with Crippen molar-refractivity contribution in [3.8, 4) is 0 Å². The number of aliphatic hydroxyl groups excluding tert-OH is 1. The van der Waals surface area contributed by atoms with Crippen LogP contribution in [-0.4, -0.2) is 52.9 Å².